The van der Waals surface area contributed by atoms with Crippen molar-refractivity contribution >= 4 is 19.9 Å². The van der Waals surface area contributed by atoms with Gasteiger partial charge in [-0.1, -0.05) is 12.1 Å². The summed E-state index contributed by atoms with van der Waals surface area (Å²) >= 11 is 0. The maximum Gasteiger partial charge on any atom is 0.241 e. The van der Waals surface area contributed by atoms with Crippen LogP contribution in [0.4, 0.5) is 0 Å². The van der Waals surface area contributed by atoms with Crippen molar-refractivity contribution in [2.75, 3.05) is 5.75 Å². The van der Waals surface area contributed by atoms with Crippen molar-refractivity contribution in [3.63, 3.8) is 0 Å². The zero-order chi connectivity index (χ0) is 14.1. The highest BCUT2D eigenvalue weighted by atomic mass is 32.2. The van der Waals surface area contributed by atoms with Crippen LogP contribution in [0.2, 0.25) is 0 Å². The Balaban J connectivity index is 2.25. The Morgan fingerprint density at radius 3 is 2.68 bits per heavy atom. The van der Waals surface area contributed by atoms with Crippen LogP contribution in [0.25, 0.3) is 0 Å². The average Bonchev–Trinajstić information content (AvgIpc) is 2.68. The summed E-state index contributed by atoms with van der Waals surface area (Å²) in [7, 11) is -7.17. The van der Waals surface area contributed by atoms with E-state index >= 15 is 0 Å². The first-order valence-electron chi connectivity index (χ1n) is 5.26. The van der Waals surface area contributed by atoms with E-state index in [-0.39, 0.29) is 16.2 Å². The van der Waals surface area contributed by atoms with Crippen LogP contribution in [-0.2, 0) is 19.9 Å². The monoisotopic (exact) mass is 298 g/mol. The minimum atomic E-state index is -3.84. The van der Waals surface area contributed by atoms with Crippen molar-refractivity contribution in [3.05, 3.63) is 41.3 Å². The lowest BCUT2D eigenvalue weighted by Gasteiger charge is -2.10. The Labute approximate surface area is 111 Å². The fraction of sp³-hybridized carbons (Fsp3) is 0.182. The van der Waals surface area contributed by atoms with Gasteiger partial charge in [0.1, 0.15) is 0 Å². The van der Waals surface area contributed by atoms with Crippen LogP contribution in [0.15, 0.2) is 40.6 Å². The second-order valence-electron chi connectivity index (χ2n) is 4.03. The fourth-order valence-electron chi connectivity index (χ4n) is 1.65. The standard InChI is InChI=1S/C11H10N2O4S2/c12-7-9-2-1-3-11(6-9)19(16,17)13-10-4-5-18(14,15)8-10/h1-6,10,13H,8H2/t10-/m1/s1. The number of benzene rings is 1. The zero-order valence-electron chi connectivity index (χ0n) is 9.65. The van der Waals surface area contributed by atoms with Crippen molar-refractivity contribution in [2.45, 2.75) is 10.9 Å². The topological polar surface area (TPSA) is 104 Å². The highest BCUT2D eigenvalue weighted by molar-refractivity contribution is 7.94. The van der Waals surface area contributed by atoms with Crippen LogP contribution in [-0.4, -0.2) is 28.6 Å². The molecule has 0 unspecified atom stereocenters. The number of nitrogens with one attached hydrogen (secondary N) is 1. The summed E-state index contributed by atoms with van der Waals surface area (Å²) in [6, 6.07) is 6.58. The SMILES string of the molecule is N#Cc1cccc(S(=O)(=O)N[C@@H]2C=CS(=O)(=O)C2)c1. The Morgan fingerprint density at radius 1 is 1.37 bits per heavy atom. The lowest BCUT2D eigenvalue weighted by atomic mass is 10.2. The molecule has 0 aromatic heterocycles. The molecule has 0 spiro atoms. The minimum absolute atomic E-state index is 0.0655. The van der Waals surface area contributed by atoms with Gasteiger partial charge in [-0.3, -0.25) is 0 Å². The molecular weight excluding hydrogens is 288 g/mol. The summed E-state index contributed by atoms with van der Waals surface area (Å²) < 4.78 is 48.7. The van der Waals surface area contributed by atoms with Crippen LogP contribution in [0.3, 0.4) is 0 Å². The molecule has 1 N–H and O–H groups in total. The van der Waals surface area contributed by atoms with E-state index in [0.717, 1.165) is 5.41 Å². The number of sulfone groups is 1. The number of nitrogens with zero attached hydrogens (tertiary/aromatic N) is 1. The molecule has 2 rings (SSSR count). The van der Waals surface area contributed by atoms with Crippen molar-refractivity contribution < 1.29 is 16.8 Å². The van der Waals surface area contributed by atoms with Gasteiger partial charge in [-0.25, -0.2) is 21.6 Å². The molecule has 0 saturated carbocycles. The quantitative estimate of drug-likeness (QED) is 0.855. The van der Waals surface area contributed by atoms with E-state index < -0.39 is 25.9 Å². The zero-order valence-corrected chi connectivity index (χ0v) is 11.3. The molecule has 0 radical (unpaired) electrons. The number of hydrogen-bond acceptors (Lipinski definition) is 5. The molecule has 1 aliphatic heterocycles. The molecule has 0 fully saturated rings. The van der Waals surface area contributed by atoms with Crippen LogP contribution in [0, 0.1) is 11.3 Å². The minimum Gasteiger partial charge on any atom is -0.224 e. The van der Waals surface area contributed by atoms with Gasteiger partial charge in [-0.15, -0.1) is 0 Å². The summed E-state index contributed by atoms with van der Waals surface area (Å²) in [6.07, 6.45) is 1.29. The predicted octanol–water partition coefficient (Wildman–Crippen LogP) is 0.147. The van der Waals surface area contributed by atoms with Crippen LogP contribution >= 0.6 is 0 Å². The number of sulfonamides is 1. The molecule has 6 nitrogen and oxygen atoms in total. The Hall–Kier alpha value is -1.69. The van der Waals surface area contributed by atoms with Gasteiger partial charge >= 0.3 is 0 Å². The maximum atomic E-state index is 12.0. The lowest BCUT2D eigenvalue weighted by molar-refractivity contribution is 0.575. The molecule has 0 bridgehead atoms. The predicted molar refractivity (Wildman–Crippen MR) is 68.2 cm³/mol. The number of hydrogen-bond donors (Lipinski definition) is 1. The van der Waals surface area contributed by atoms with Gasteiger partial charge in [0.2, 0.25) is 10.0 Å². The molecule has 100 valence electrons. The lowest BCUT2D eigenvalue weighted by Crippen LogP contribution is -2.35. The largest absolute Gasteiger partial charge is 0.241 e. The maximum absolute atomic E-state index is 12.0. The van der Waals surface area contributed by atoms with Gasteiger partial charge in [0.25, 0.3) is 0 Å². The summed E-state index contributed by atoms with van der Waals surface area (Å²) in [5, 5.41) is 9.72. The van der Waals surface area contributed by atoms with Crippen molar-refractivity contribution in [1.29, 1.82) is 5.26 Å². The Kier molecular flexibility index (Phi) is 3.45. The summed E-state index contributed by atoms with van der Waals surface area (Å²) in [4.78, 5) is -0.0655. The second kappa shape index (κ2) is 4.77. The van der Waals surface area contributed by atoms with Gasteiger partial charge in [-0.2, -0.15) is 5.26 Å². The van der Waals surface area contributed by atoms with Gasteiger partial charge in [0.05, 0.1) is 28.3 Å². The smallest absolute Gasteiger partial charge is 0.224 e. The summed E-state index contributed by atoms with van der Waals surface area (Å²) in [5.74, 6) is -0.288. The average molecular weight is 298 g/mol. The van der Waals surface area contributed by atoms with Gasteiger partial charge in [0.15, 0.2) is 9.84 Å². The highest BCUT2D eigenvalue weighted by Crippen LogP contribution is 2.14. The van der Waals surface area contributed by atoms with E-state index in [2.05, 4.69) is 4.72 Å². The van der Waals surface area contributed by atoms with Gasteiger partial charge in [0, 0.05) is 5.41 Å². The van der Waals surface area contributed by atoms with E-state index in [0.29, 0.717) is 0 Å². The molecule has 1 aromatic carbocycles. The molecule has 1 atom stereocenters. The Bertz CT molecular complexity index is 773. The molecule has 0 amide bonds. The summed E-state index contributed by atoms with van der Waals surface area (Å²) in [6.45, 7) is 0. The third kappa shape index (κ3) is 3.20. The molecule has 0 aliphatic carbocycles. The molecule has 19 heavy (non-hydrogen) atoms. The van der Waals surface area contributed by atoms with Crippen LogP contribution in [0.5, 0.6) is 0 Å². The van der Waals surface area contributed by atoms with E-state index in [9.17, 15) is 16.8 Å². The third-order valence-electron chi connectivity index (χ3n) is 2.51. The molecule has 1 aromatic rings. The third-order valence-corrected chi connectivity index (χ3v) is 5.39. The molecular formula is C11H10N2O4S2. The second-order valence-corrected chi connectivity index (χ2v) is 7.67. The van der Waals surface area contributed by atoms with E-state index in [4.69, 9.17) is 5.26 Å². The summed E-state index contributed by atoms with van der Waals surface area (Å²) in [5.41, 5.74) is 0.220. The highest BCUT2D eigenvalue weighted by Gasteiger charge is 2.26. The van der Waals surface area contributed by atoms with E-state index in [1.54, 1.807) is 0 Å². The van der Waals surface area contributed by atoms with Crippen molar-refractivity contribution in [1.82, 2.24) is 4.72 Å². The van der Waals surface area contributed by atoms with Gasteiger partial charge < -0.3 is 0 Å². The number of nitriles is 1. The first-order chi connectivity index (χ1) is 8.82. The fourth-order valence-corrected chi connectivity index (χ4v) is 4.23. The molecule has 1 heterocycles. The van der Waals surface area contributed by atoms with E-state index in [1.165, 1.54) is 30.3 Å². The Morgan fingerprint density at radius 2 is 2.11 bits per heavy atom. The van der Waals surface area contributed by atoms with Crippen LogP contribution in [0.1, 0.15) is 5.56 Å². The normalized spacial score (nSPS) is 21.1. The van der Waals surface area contributed by atoms with Crippen molar-refractivity contribution in [3.8, 4) is 6.07 Å². The van der Waals surface area contributed by atoms with Crippen molar-refractivity contribution in [2.24, 2.45) is 0 Å². The van der Waals surface area contributed by atoms with Gasteiger partial charge in [-0.05, 0) is 18.2 Å². The van der Waals surface area contributed by atoms with Crippen LogP contribution < -0.4 is 4.72 Å². The first kappa shape index (κ1) is 13.7. The molecule has 1 aliphatic rings. The molecule has 0 saturated heterocycles. The molecule has 8 heteroatoms. The van der Waals surface area contributed by atoms with E-state index in [1.807, 2.05) is 6.07 Å². The first-order valence-corrected chi connectivity index (χ1v) is 8.46. The number of rotatable bonds is 3.